The molecule has 0 aliphatic rings. The number of sulfonamides is 1. The molecule has 0 unspecified atom stereocenters. The largest absolute Gasteiger partial charge is 0.367 e. The van der Waals surface area contributed by atoms with Crippen molar-refractivity contribution in [3.8, 4) is 0 Å². The summed E-state index contributed by atoms with van der Waals surface area (Å²) in [5.74, 6) is -0.0694. The number of hydrogen-bond donors (Lipinski definition) is 3. The molecular formula is C15H16Cl2N4O3S. The highest BCUT2D eigenvalue weighted by Gasteiger charge is 2.08. The summed E-state index contributed by atoms with van der Waals surface area (Å²) in [5, 5.41) is 11.5. The van der Waals surface area contributed by atoms with Crippen LogP contribution in [0.3, 0.4) is 0 Å². The molecule has 134 valence electrons. The van der Waals surface area contributed by atoms with Gasteiger partial charge in [0, 0.05) is 24.8 Å². The summed E-state index contributed by atoms with van der Waals surface area (Å²) in [5.41, 5.74) is 0.935. The first kappa shape index (κ1) is 19.5. The molecule has 7 nitrogen and oxygen atoms in total. The molecule has 2 rings (SSSR count). The summed E-state index contributed by atoms with van der Waals surface area (Å²) in [6.07, 6.45) is 1.47. The molecule has 0 bridgehead atoms. The summed E-state index contributed by atoms with van der Waals surface area (Å²) in [7, 11) is -3.59. The lowest BCUT2D eigenvalue weighted by Gasteiger charge is -2.09. The zero-order chi connectivity index (χ0) is 18.4. The number of aromatic nitrogens is 1. The number of primary sulfonamides is 1. The highest BCUT2D eigenvalue weighted by molar-refractivity contribution is 7.88. The molecule has 0 fully saturated rings. The fraction of sp³-hybridized carbons (Fsp3) is 0.200. The van der Waals surface area contributed by atoms with Gasteiger partial charge in [0.15, 0.2) is 0 Å². The minimum Gasteiger partial charge on any atom is -0.367 e. The Hall–Kier alpha value is -1.87. The summed E-state index contributed by atoms with van der Waals surface area (Å²) in [6, 6.07) is 7.76. The van der Waals surface area contributed by atoms with Crippen molar-refractivity contribution in [2.75, 3.05) is 18.4 Å². The van der Waals surface area contributed by atoms with Crippen LogP contribution in [-0.4, -0.2) is 32.4 Å². The van der Waals surface area contributed by atoms with Gasteiger partial charge in [-0.25, -0.2) is 18.5 Å². The Bertz CT molecular complexity index is 858. The minimum absolute atomic E-state index is 0.270. The second-order valence-corrected chi connectivity index (χ2v) is 7.63. The Labute approximate surface area is 155 Å². The molecule has 1 aromatic heterocycles. The number of nitrogens with zero attached hydrogens (tertiary/aromatic N) is 1. The zero-order valence-electron chi connectivity index (χ0n) is 13.0. The van der Waals surface area contributed by atoms with E-state index in [0.29, 0.717) is 40.1 Å². The predicted molar refractivity (Wildman–Crippen MR) is 98.3 cm³/mol. The third-order valence-corrected chi connectivity index (χ3v) is 4.33. The fourth-order valence-electron chi connectivity index (χ4n) is 1.99. The molecule has 1 heterocycles. The molecule has 0 atom stereocenters. The predicted octanol–water partition coefficient (Wildman–Crippen LogP) is 2.02. The van der Waals surface area contributed by atoms with Gasteiger partial charge in [0.25, 0.3) is 5.91 Å². The number of nitrogens with two attached hydrogens (primary N) is 1. The van der Waals surface area contributed by atoms with Crippen LogP contribution in [-0.2, 0) is 15.8 Å². The van der Waals surface area contributed by atoms with Gasteiger partial charge in [0.05, 0.1) is 15.8 Å². The van der Waals surface area contributed by atoms with Gasteiger partial charge in [0.2, 0.25) is 10.0 Å². The maximum absolute atomic E-state index is 12.0. The van der Waals surface area contributed by atoms with Gasteiger partial charge >= 0.3 is 0 Å². The average Bonchev–Trinajstić information content (AvgIpc) is 2.52. The van der Waals surface area contributed by atoms with Crippen LogP contribution in [0, 0.1) is 0 Å². The number of carbonyl (C=O) groups excluding carboxylic acids is 1. The van der Waals surface area contributed by atoms with Crippen molar-refractivity contribution < 1.29 is 13.2 Å². The monoisotopic (exact) mass is 402 g/mol. The number of anilines is 1. The number of carbonyl (C=O) groups is 1. The van der Waals surface area contributed by atoms with E-state index in [1.165, 1.54) is 6.20 Å². The molecule has 0 aliphatic carbocycles. The summed E-state index contributed by atoms with van der Waals surface area (Å²) >= 11 is 11.7. The SMILES string of the molecule is NS(=O)(=O)Cc1ccc(C(=O)NCCNc2ncc(Cl)cc2Cl)cc1. The van der Waals surface area contributed by atoms with Crippen LogP contribution in [0.25, 0.3) is 0 Å². The lowest BCUT2D eigenvalue weighted by Crippen LogP contribution is -2.29. The number of benzene rings is 1. The zero-order valence-corrected chi connectivity index (χ0v) is 15.3. The Morgan fingerprint density at radius 1 is 1.16 bits per heavy atom. The molecule has 1 aromatic carbocycles. The van der Waals surface area contributed by atoms with Crippen molar-refractivity contribution >= 4 is 45.0 Å². The van der Waals surface area contributed by atoms with Crippen molar-refractivity contribution in [2.45, 2.75) is 5.75 Å². The molecular weight excluding hydrogens is 387 g/mol. The van der Waals surface area contributed by atoms with Crippen molar-refractivity contribution in [2.24, 2.45) is 5.14 Å². The molecule has 1 amide bonds. The van der Waals surface area contributed by atoms with Crippen molar-refractivity contribution in [1.82, 2.24) is 10.3 Å². The molecule has 0 saturated carbocycles. The van der Waals surface area contributed by atoms with E-state index in [4.69, 9.17) is 28.3 Å². The van der Waals surface area contributed by atoms with E-state index in [0.717, 1.165) is 0 Å². The number of hydrogen-bond acceptors (Lipinski definition) is 5. The Morgan fingerprint density at radius 3 is 2.44 bits per heavy atom. The number of nitrogens with one attached hydrogen (secondary N) is 2. The standard InChI is InChI=1S/C15H16Cl2N4O3S/c16-12-7-13(17)14(21-8-12)19-5-6-20-15(22)11-3-1-10(2-4-11)9-25(18,23)24/h1-4,7-8H,5-6,9H2,(H,19,21)(H,20,22)(H2,18,23,24). The van der Waals surface area contributed by atoms with E-state index < -0.39 is 10.0 Å². The van der Waals surface area contributed by atoms with Crippen molar-refractivity contribution in [3.05, 3.63) is 57.7 Å². The van der Waals surface area contributed by atoms with Crippen LogP contribution in [0.5, 0.6) is 0 Å². The Morgan fingerprint density at radius 2 is 1.84 bits per heavy atom. The quantitative estimate of drug-likeness (QED) is 0.612. The second-order valence-electron chi connectivity index (χ2n) is 5.17. The maximum atomic E-state index is 12.0. The van der Waals surface area contributed by atoms with E-state index in [1.54, 1.807) is 30.3 Å². The summed E-state index contributed by atoms with van der Waals surface area (Å²) < 4.78 is 22.0. The Kier molecular flexibility index (Phi) is 6.60. The third kappa shape index (κ3) is 6.50. The Balaban J connectivity index is 1.82. The number of pyridine rings is 1. The topological polar surface area (TPSA) is 114 Å². The van der Waals surface area contributed by atoms with Crippen molar-refractivity contribution in [1.29, 1.82) is 0 Å². The lowest BCUT2D eigenvalue weighted by molar-refractivity contribution is 0.0955. The highest BCUT2D eigenvalue weighted by atomic mass is 35.5. The van der Waals surface area contributed by atoms with Crippen LogP contribution in [0.15, 0.2) is 36.5 Å². The van der Waals surface area contributed by atoms with Gasteiger partial charge in [-0.1, -0.05) is 35.3 Å². The van der Waals surface area contributed by atoms with Crippen LogP contribution in [0.2, 0.25) is 10.0 Å². The van der Waals surface area contributed by atoms with Crippen LogP contribution in [0.4, 0.5) is 5.82 Å². The molecule has 4 N–H and O–H groups in total. The van der Waals surface area contributed by atoms with Gasteiger partial charge in [0.1, 0.15) is 5.82 Å². The molecule has 10 heteroatoms. The first-order valence-electron chi connectivity index (χ1n) is 7.17. The van der Waals surface area contributed by atoms with Crippen LogP contribution >= 0.6 is 23.2 Å². The smallest absolute Gasteiger partial charge is 0.251 e. The third-order valence-electron chi connectivity index (χ3n) is 3.09. The summed E-state index contributed by atoms with van der Waals surface area (Å²) in [4.78, 5) is 16.1. The van der Waals surface area contributed by atoms with Crippen molar-refractivity contribution in [3.63, 3.8) is 0 Å². The van der Waals surface area contributed by atoms with Gasteiger partial charge in [-0.15, -0.1) is 0 Å². The van der Waals surface area contributed by atoms with E-state index in [9.17, 15) is 13.2 Å². The molecule has 25 heavy (non-hydrogen) atoms. The first-order valence-corrected chi connectivity index (χ1v) is 9.64. The molecule has 0 spiro atoms. The first-order chi connectivity index (χ1) is 11.7. The van der Waals surface area contributed by atoms with Gasteiger partial charge in [-0.2, -0.15) is 0 Å². The normalized spacial score (nSPS) is 11.2. The van der Waals surface area contributed by atoms with E-state index in [2.05, 4.69) is 15.6 Å². The van der Waals surface area contributed by atoms with Crippen LogP contribution in [0.1, 0.15) is 15.9 Å². The maximum Gasteiger partial charge on any atom is 0.251 e. The number of rotatable bonds is 7. The highest BCUT2D eigenvalue weighted by Crippen LogP contribution is 2.22. The van der Waals surface area contributed by atoms with E-state index in [1.807, 2.05) is 0 Å². The minimum atomic E-state index is -3.59. The molecule has 0 radical (unpaired) electrons. The number of amides is 1. The second kappa shape index (κ2) is 8.48. The lowest BCUT2D eigenvalue weighted by atomic mass is 10.1. The fourth-order valence-corrected chi connectivity index (χ4v) is 3.09. The average molecular weight is 403 g/mol. The van der Waals surface area contributed by atoms with Gasteiger partial charge < -0.3 is 10.6 Å². The van der Waals surface area contributed by atoms with Gasteiger partial charge in [-0.3, -0.25) is 4.79 Å². The van der Waals surface area contributed by atoms with Crippen LogP contribution < -0.4 is 15.8 Å². The molecule has 2 aromatic rings. The van der Waals surface area contributed by atoms with E-state index >= 15 is 0 Å². The number of halogens is 2. The molecule has 0 saturated heterocycles. The van der Waals surface area contributed by atoms with Gasteiger partial charge in [-0.05, 0) is 23.8 Å². The van der Waals surface area contributed by atoms with E-state index in [-0.39, 0.29) is 11.7 Å². The summed E-state index contributed by atoms with van der Waals surface area (Å²) in [6.45, 7) is 0.766. The molecule has 0 aliphatic heterocycles.